The summed E-state index contributed by atoms with van der Waals surface area (Å²) in [6.45, 7) is 9.46. The van der Waals surface area contributed by atoms with E-state index in [1.807, 2.05) is 38.1 Å². The molecule has 0 aliphatic carbocycles. The van der Waals surface area contributed by atoms with Crippen molar-refractivity contribution < 1.29 is 9.59 Å². The van der Waals surface area contributed by atoms with Crippen LogP contribution >= 0.6 is 0 Å². The molecule has 5 heteroatoms. The van der Waals surface area contributed by atoms with Crippen molar-refractivity contribution in [2.75, 3.05) is 19.6 Å². The van der Waals surface area contributed by atoms with Crippen LogP contribution in [0.4, 0.5) is 0 Å². The normalized spacial score (nSPS) is 16.9. The molecule has 0 N–H and O–H groups in total. The van der Waals surface area contributed by atoms with E-state index in [9.17, 15) is 9.59 Å². The standard InChI is InChI=1S/C24H29N3O2/c1-4-13-26-14-15-27(23(28)16-18(2)3)22(24(26)29)17-19-5-7-20(8-6-19)21-9-11-25-12-10-21/h4-12,18,22H,1,13-17H2,2-3H3/t22-/m0/s1. The van der Waals surface area contributed by atoms with Crippen molar-refractivity contribution in [3.05, 3.63) is 67.0 Å². The van der Waals surface area contributed by atoms with Crippen molar-refractivity contribution in [3.8, 4) is 11.1 Å². The molecule has 0 spiro atoms. The number of hydrogen-bond acceptors (Lipinski definition) is 3. The molecular weight excluding hydrogens is 362 g/mol. The zero-order chi connectivity index (χ0) is 20.8. The van der Waals surface area contributed by atoms with E-state index in [2.05, 4.69) is 23.7 Å². The van der Waals surface area contributed by atoms with Gasteiger partial charge in [0, 0.05) is 44.9 Å². The third-order valence-corrected chi connectivity index (χ3v) is 5.23. The summed E-state index contributed by atoms with van der Waals surface area (Å²) in [6.07, 6.45) is 6.27. The van der Waals surface area contributed by atoms with Crippen molar-refractivity contribution in [2.24, 2.45) is 5.92 Å². The zero-order valence-electron chi connectivity index (χ0n) is 17.3. The minimum atomic E-state index is -0.457. The monoisotopic (exact) mass is 391 g/mol. The number of carbonyl (C=O) groups is 2. The molecule has 1 aromatic carbocycles. The van der Waals surface area contributed by atoms with Crippen molar-refractivity contribution in [2.45, 2.75) is 32.7 Å². The molecule has 5 nitrogen and oxygen atoms in total. The van der Waals surface area contributed by atoms with E-state index in [0.717, 1.165) is 16.7 Å². The fourth-order valence-corrected chi connectivity index (χ4v) is 3.74. The summed E-state index contributed by atoms with van der Waals surface area (Å²) in [5, 5.41) is 0. The summed E-state index contributed by atoms with van der Waals surface area (Å²) in [5.74, 6) is 0.334. The number of piperazine rings is 1. The summed E-state index contributed by atoms with van der Waals surface area (Å²) in [6, 6.07) is 11.7. The molecule has 0 bridgehead atoms. The molecule has 1 fully saturated rings. The first-order chi connectivity index (χ1) is 14.0. The van der Waals surface area contributed by atoms with E-state index < -0.39 is 6.04 Å². The van der Waals surface area contributed by atoms with Gasteiger partial charge in [0.15, 0.2) is 0 Å². The van der Waals surface area contributed by atoms with Crippen molar-refractivity contribution in [1.29, 1.82) is 0 Å². The van der Waals surface area contributed by atoms with E-state index in [4.69, 9.17) is 0 Å². The van der Waals surface area contributed by atoms with Gasteiger partial charge < -0.3 is 9.80 Å². The van der Waals surface area contributed by atoms with Gasteiger partial charge in [-0.3, -0.25) is 14.6 Å². The summed E-state index contributed by atoms with van der Waals surface area (Å²) in [7, 11) is 0. The highest BCUT2D eigenvalue weighted by atomic mass is 16.2. The van der Waals surface area contributed by atoms with Gasteiger partial charge in [0.25, 0.3) is 0 Å². The Kier molecular flexibility index (Phi) is 6.81. The first-order valence-corrected chi connectivity index (χ1v) is 10.2. The number of aromatic nitrogens is 1. The first kappa shape index (κ1) is 20.8. The van der Waals surface area contributed by atoms with Gasteiger partial charge in [0.05, 0.1) is 0 Å². The highest BCUT2D eigenvalue weighted by Crippen LogP contribution is 2.22. The first-order valence-electron chi connectivity index (χ1n) is 10.2. The molecule has 2 amide bonds. The smallest absolute Gasteiger partial charge is 0.246 e. The molecule has 152 valence electrons. The van der Waals surface area contributed by atoms with Crippen LogP contribution < -0.4 is 0 Å². The number of carbonyl (C=O) groups excluding carboxylic acids is 2. The topological polar surface area (TPSA) is 53.5 Å². The van der Waals surface area contributed by atoms with E-state index in [0.29, 0.717) is 32.5 Å². The molecule has 1 aliphatic rings. The van der Waals surface area contributed by atoms with Crippen molar-refractivity contribution in [1.82, 2.24) is 14.8 Å². The molecular formula is C24H29N3O2. The van der Waals surface area contributed by atoms with Crippen molar-refractivity contribution >= 4 is 11.8 Å². The van der Waals surface area contributed by atoms with Crippen LogP contribution in [0.5, 0.6) is 0 Å². The van der Waals surface area contributed by atoms with Gasteiger partial charge in [-0.2, -0.15) is 0 Å². The lowest BCUT2D eigenvalue weighted by molar-refractivity contribution is -0.151. The minimum absolute atomic E-state index is 0.00599. The highest BCUT2D eigenvalue weighted by Gasteiger charge is 2.36. The second-order valence-corrected chi connectivity index (χ2v) is 7.91. The Labute approximate surface area is 173 Å². The maximum Gasteiger partial charge on any atom is 0.246 e. The van der Waals surface area contributed by atoms with Crippen LogP contribution in [0.2, 0.25) is 0 Å². The molecule has 3 rings (SSSR count). The molecule has 29 heavy (non-hydrogen) atoms. The fourth-order valence-electron chi connectivity index (χ4n) is 3.74. The Balaban J connectivity index is 1.80. The summed E-state index contributed by atoms with van der Waals surface area (Å²) >= 11 is 0. The third kappa shape index (κ3) is 5.11. The number of pyridine rings is 1. The number of benzene rings is 1. The average Bonchev–Trinajstić information content (AvgIpc) is 2.72. The molecule has 1 aromatic heterocycles. The molecule has 1 saturated heterocycles. The van der Waals surface area contributed by atoms with Gasteiger partial charge in [0.2, 0.25) is 11.8 Å². The predicted molar refractivity (Wildman–Crippen MR) is 115 cm³/mol. The quantitative estimate of drug-likeness (QED) is 0.678. The Hall–Kier alpha value is -2.95. The molecule has 0 radical (unpaired) electrons. The summed E-state index contributed by atoms with van der Waals surface area (Å²) in [5.41, 5.74) is 3.25. The maximum atomic E-state index is 13.1. The minimum Gasteiger partial charge on any atom is -0.335 e. The fraction of sp³-hybridized carbons (Fsp3) is 0.375. The largest absolute Gasteiger partial charge is 0.335 e. The maximum absolute atomic E-state index is 13.1. The van der Waals surface area contributed by atoms with Gasteiger partial charge in [-0.15, -0.1) is 6.58 Å². The lowest BCUT2D eigenvalue weighted by atomic mass is 9.97. The van der Waals surface area contributed by atoms with Gasteiger partial charge in [-0.1, -0.05) is 44.2 Å². The highest BCUT2D eigenvalue weighted by molar-refractivity contribution is 5.89. The lowest BCUT2D eigenvalue weighted by Gasteiger charge is -2.40. The van der Waals surface area contributed by atoms with Crippen LogP contribution in [0.15, 0.2) is 61.4 Å². The molecule has 0 saturated carbocycles. The van der Waals surface area contributed by atoms with E-state index in [1.54, 1.807) is 28.3 Å². The molecule has 1 aliphatic heterocycles. The lowest BCUT2D eigenvalue weighted by Crippen LogP contribution is -2.59. The van der Waals surface area contributed by atoms with Gasteiger partial charge >= 0.3 is 0 Å². The number of amides is 2. The molecule has 0 unspecified atom stereocenters. The third-order valence-electron chi connectivity index (χ3n) is 5.23. The second-order valence-electron chi connectivity index (χ2n) is 7.91. The van der Waals surface area contributed by atoms with Gasteiger partial charge in [-0.05, 0) is 34.7 Å². The van der Waals surface area contributed by atoms with Gasteiger partial charge in [-0.25, -0.2) is 0 Å². The van der Waals surface area contributed by atoms with E-state index in [1.165, 1.54) is 0 Å². The van der Waals surface area contributed by atoms with E-state index >= 15 is 0 Å². The van der Waals surface area contributed by atoms with Crippen LogP contribution in [-0.4, -0.2) is 52.3 Å². The summed E-state index contributed by atoms with van der Waals surface area (Å²) < 4.78 is 0. The molecule has 2 heterocycles. The summed E-state index contributed by atoms with van der Waals surface area (Å²) in [4.78, 5) is 33.5. The molecule has 2 aromatic rings. The number of rotatable bonds is 7. The number of nitrogens with zero attached hydrogens (tertiary/aromatic N) is 3. The van der Waals surface area contributed by atoms with Crippen LogP contribution in [0.25, 0.3) is 11.1 Å². The van der Waals surface area contributed by atoms with Crippen LogP contribution in [0.3, 0.4) is 0 Å². The van der Waals surface area contributed by atoms with Gasteiger partial charge in [0.1, 0.15) is 6.04 Å². The van der Waals surface area contributed by atoms with Crippen LogP contribution in [0.1, 0.15) is 25.8 Å². The zero-order valence-corrected chi connectivity index (χ0v) is 17.3. The van der Waals surface area contributed by atoms with Crippen LogP contribution in [-0.2, 0) is 16.0 Å². The number of hydrogen-bond donors (Lipinski definition) is 0. The SMILES string of the molecule is C=CCN1CCN(C(=O)CC(C)C)[C@@H](Cc2ccc(-c3ccncc3)cc2)C1=O. The average molecular weight is 392 g/mol. The Morgan fingerprint density at radius 2 is 1.79 bits per heavy atom. The second kappa shape index (κ2) is 9.50. The van der Waals surface area contributed by atoms with Crippen molar-refractivity contribution in [3.63, 3.8) is 0 Å². The van der Waals surface area contributed by atoms with Crippen LogP contribution in [0, 0.1) is 5.92 Å². The predicted octanol–water partition coefficient (Wildman–Crippen LogP) is 3.56. The Bertz CT molecular complexity index is 846. The molecule has 1 atom stereocenters. The van der Waals surface area contributed by atoms with E-state index in [-0.39, 0.29) is 17.7 Å². The Morgan fingerprint density at radius 1 is 1.14 bits per heavy atom. The Morgan fingerprint density at radius 3 is 2.41 bits per heavy atom.